The van der Waals surface area contributed by atoms with Gasteiger partial charge in [-0.15, -0.1) is 24.0 Å². The minimum Gasteiger partial charge on any atom is -0.377 e. The molecule has 0 aromatic heterocycles. The molecule has 1 aromatic rings. The number of aliphatic imine (C=N–C) groups is 1. The van der Waals surface area contributed by atoms with Crippen molar-refractivity contribution in [3.8, 4) is 0 Å². The number of benzene rings is 1. The maximum absolute atomic E-state index is 13.1. The Labute approximate surface area is 167 Å². The number of nitrogens with one attached hydrogen (secondary N) is 1. The quantitative estimate of drug-likeness (QED) is 0.424. The van der Waals surface area contributed by atoms with E-state index < -0.39 is 0 Å². The van der Waals surface area contributed by atoms with Crippen LogP contribution in [0.2, 0.25) is 0 Å². The molecule has 1 aromatic carbocycles. The van der Waals surface area contributed by atoms with Gasteiger partial charge < -0.3 is 15.0 Å². The normalized spacial score (nSPS) is 27.6. The highest BCUT2D eigenvalue weighted by molar-refractivity contribution is 14.0. The van der Waals surface area contributed by atoms with E-state index in [0.29, 0.717) is 24.6 Å². The molecule has 2 fully saturated rings. The molecule has 3 atom stereocenters. The van der Waals surface area contributed by atoms with Crippen molar-refractivity contribution >= 4 is 29.9 Å². The minimum absolute atomic E-state index is 0. The summed E-state index contributed by atoms with van der Waals surface area (Å²) in [6, 6.07) is 7.00. The molecule has 4 nitrogen and oxygen atoms in total. The van der Waals surface area contributed by atoms with Gasteiger partial charge >= 0.3 is 0 Å². The second-order valence-electron chi connectivity index (χ2n) is 7.57. The molecule has 0 bridgehead atoms. The molecule has 0 radical (unpaired) electrons. The molecular weight excluding hydrogens is 432 g/mol. The average molecular weight is 461 g/mol. The number of guanidine groups is 1. The van der Waals surface area contributed by atoms with Crippen LogP contribution in [0.15, 0.2) is 29.3 Å². The van der Waals surface area contributed by atoms with E-state index in [1.165, 1.54) is 18.6 Å². The second kappa shape index (κ2) is 8.20. The van der Waals surface area contributed by atoms with Crippen LogP contribution in [0.25, 0.3) is 0 Å². The zero-order chi connectivity index (χ0) is 17.3. The number of hydrogen-bond acceptors (Lipinski definition) is 2. The summed E-state index contributed by atoms with van der Waals surface area (Å²) in [5.74, 6) is 1.23. The number of ether oxygens (including phenoxy) is 1. The molecule has 0 spiro atoms. The lowest BCUT2D eigenvalue weighted by Gasteiger charge is -2.60. The van der Waals surface area contributed by atoms with Crippen molar-refractivity contribution in [2.75, 3.05) is 20.7 Å². The van der Waals surface area contributed by atoms with Crippen LogP contribution >= 0.6 is 24.0 Å². The molecule has 0 amide bonds. The van der Waals surface area contributed by atoms with Gasteiger partial charge in [-0.05, 0) is 30.5 Å². The Morgan fingerprint density at radius 1 is 1.36 bits per heavy atom. The Balaban J connectivity index is 0.00000225. The smallest absolute Gasteiger partial charge is 0.193 e. The molecular formula is C19H29FIN3O. The highest BCUT2D eigenvalue weighted by Crippen LogP contribution is 2.51. The summed E-state index contributed by atoms with van der Waals surface area (Å²) >= 11 is 0. The molecule has 25 heavy (non-hydrogen) atoms. The summed E-state index contributed by atoms with van der Waals surface area (Å²) in [5.41, 5.74) is 1.17. The first-order chi connectivity index (χ1) is 11.4. The minimum atomic E-state index is -0.205. The summed E-state index contributed by atoms with van der Waals surface area (Å²) in [6.07, 6.45) is 2.70. The van der Waals surface area contributed by atoms with Gasteiger partial charge in [0.2, 0.25) is 0 Å². The van der Waals surface area contributed by atoms with Crippen LogP contribution in [0.3, 0.4) is 0 Å². The van der Waals surface area contributed by atoms with Gasteiger partial charge in [0, 0.05) is 44.6 Å². The van der Waals surface area contributed by atoms with Crippen molar-refractivity contribution in [2.24, 2.45) is 16.3 Å². The summed E-state index contributed by atoms with van der Waals surface area (Å²) in [4.78, 5) is 6.53. The van der Waals surface area contributed by atoms with Gasteiger partial charge in [0.25, 0.3) is 0 Å². The number of hydrogen-bond donors (Lipinski definition) is 1. The van der Waals surface area contributed by atoms with Crippen LogP contribution in [0.1, 0.15) is 32.3 Å². The molecule has 3 unspecified atom stereocenters. The maximum Gasteiger partial charge on any atom is 0.193 e. The van der Waals surface area contributed by atoms with E-state index in [2.05, 4.69) is 29.1 Å². The monoisotopic (exact) mass is 461 g/mol. The fraction of sp³-hybridized carbons (Fsp3) is 0.632. The predicted molar refractivity (Wildman–Crippen MR) is 110 cm³/mol. The van der Waals surface area contributed by atoms with Gasteiger partial charge in [-0.1, -0.05) is 26.0 Å². The lowest BCUT2D eigenvalue weighted by molar-refractivity contribution is -0.188. The van der Waals surface area contributed by atoms with Crippen LogP contribution in [0, 0.1) is 17.2 Å². The third-order valence-electron chi connectivity index (χ3n) is 5.52. The van der Waals surface area contributed by atoms with Crippen molar-refractivity contribution in [2.45, 2.75) is 45.4 Å². The highest BCUT2D eigenvalue weighted by Gasteiger charge is 2.58. The van der Waals surface area contributed by atoms with Crippen molar-refractivity contribution < 1.29 is 9.13 Å². The van der Waals surface area contributed by atoms with Crippen molar-refractivity contribution in [3.05, 3.63) is 35.6 Å². The maximum atomic E-state index is 13.1. The first kappa shape index (κ1) is 20.4. The summed E-state index contributed by atoms with van der Waals surface area (Å²) < 4.78 is 19.0. The standard InChI is InChI=1S/C19H28FN3O.HI/c1-19(2)16(15-6-5-11-24-17(15)19)22-18(21-3)23(4)12-13-7-9-14(20)10-8-13;/h7-10,15-17H,5-6,11-12H2,1-4H3,(H,21,22);1H. The molecule has 1 saturated carbocycles. The Morgan fingerprint density at radius 3 is 2.68 bits per heavy atom. The van der Waals surface area contributed by atoms with Gasteiger partial charge in [-0.25, -0.2) is 4.39 Å². The first-order valence-corrected chi connectivity index (χ1v) is 8.74. The molecule has 1 aliphatic heterocycles. The van der Waals surface area contributed by atoms with E-state index >= 15 is 0 Å². The molecule has 1 N–H and O–H groups in total. The van der Waals surface area contributed by atoms with Gasteiger partial charge in [0.05, 0.1) is 6.10 Å². The Kier molecular flexibility index (Phi) is 6.70. The largest absolute Gasteiger partial charge is 0.377 e. The van der Waals surface area contributed by atoms with Gasteiger partial charge in [-0.3, -0.25) is 4.99 Å². The van der Waals surface area contributed by atoms with E-state index in [1.807, 2.05) is 26.2 Å². The van der Waals surface area contributed by atoms with Crippen molar-refractivity contribution in [1.82, 2.24) is 10.2 Å². The number of nitrogens with zero attached hydrogens (tertiary/aromatic N) is 2. The zero-order valence-electron chi connectivity index (χ0n) is 15.5. The Hall–Kier alpha value is -0.890. The van der Waals surface area contributed by atoms with E-state index in [1.54, 1.807) is 0 Å². The van der Waals surface area contributed by atoms with Crippen LogP contribution in [-0.2, 0) is 11.3 Å². The third kappa shape index (κ3) is 4.10. The number of rotatable bonds is 3. The third-order valence-corrected chi connectivity index (χ3v) is 5.52. The second-order valence-corrected chi connectivity index (χ2v) is 7.57. The Bertz CT molecular complexity index is 605. The van der Waals surface area contributed by atoms with Gasteiger partial charge in [0.1, 0.15) is 5.82 Å². The molecule has 1 aliphatic carbocycles. The molecule has 2 aliphatic rings. The van der Waals surface area contributed by atoms with Crippen LogP contribution < -0.4 is 5.32 Å². The van der Waals surface area contributed by atoms with Crippen LogP contribution in [0.4, 0.5) is 4.39 Å². The summed E-state index contributed by atoms with van der Waals surface area (Å²) in [5, 5.41) is 3.65. The molecule has 1 heterocycles. The number of halogens is 2. The summed E-state index contributed by atoms with van der Waals surface area (Å²) in [7, 11) is 3.82. The van der Waals surface area contributed by atoms with E-state index in [0.717, 1.165) is 24.6 Å². The van der Waals surface area contributed by atoms with Crippen LogP contribution in [0.5, 0.6) is 0 Å². The molecule has 6 heteroatoms. The van der Waals surface area contributed by atoms with Gasteiger partial charge in [-0.2, -0.15) is 0 Å². The fourth-order valence-corrected chi connectivity index (χ4v) is 4.24. The van der Waals surface area contributed by atoms with Crippen molar-refractivity contribution in [3.63, 3.8) is 0 Å². The van der Waals surface area contributed by atoms with Crippen molar-refractivity contribution in [1.29, 1.82) is 0 Å². The van der Waals surface area contributed by atoms with Crippen LogP contribution in [-0.4, -0.2) is 43.7 Å². The SMILES string of the molecule is CN=C(NC1C2CCCOC2C1(C)C)N(C)Cc1ccc(F)cc1.I. The topological polar surface area (TPSA) is 36.9 Å². The predicted octanol–water partition coefficient (Wildman–Crippen LogP) is 3.65. The van der Waals surface area contributed by atoms with E-state index in [9.17, 15) is 4.39 Å². The number of fused-ring (bicyclic) bond motifs is 1. The Morgan fingerprint density at radius 2 is 2.04 bits per heavy atom. The molecule has 1 saturated heterocycles. The molecule has 3 rings (SSSR count). The molecule has 140 valence electrons. The van der Waals surface area contributed by atoms with E-state index in [4.69, 9.17) is 4.74 Å². The zero-order valence-corrected chi connectivity index (χ0v) is 17.8. The highest BCUT2D eigenvalue weighted by atomic mass is 127. The van der Waals surface area contributed by atoms with Gasteiger partial charge in [0.15, 0.2) is 5.96 Å². The van der Waals surface area contributed by atoms with E-state index in [-0.39, 0.29) is 35.2 Å². The first-order valence-electron chi connectivity index (χ1n) is 8.74. The lowest BCUT2D eigenvalue weighted by atomic mass is 9.55. The fourth-order valence-electron chi connectivity index (χ4n) is 4.24. The lowest BCUT2D eigenvalue weighted by Crippen LogP contribution is -2.71. The average Bonchev–Trinajstić information content (AvgIpc) is 2.57. The summed E-state index contributed by atoms with van der Waals surface area (Å²) in [6.45, 7) is 6.11.